The lowest BCUT2D eigenvalue weighted by Gasteiger charge is -2.32. The van der Waals surface area contributed by atoms with Crippen LogP contribution in [0, 0.1) is 17.8 Å². The van der Waals surface area contributed by atoms with Gasteiger partial charge in [0.05, 0.1) is 0 Å². The highest BCUT2D eigenvalue weighted by atomic mass is 35.5. The van der Waals surface area contributed by atoms with Gasteiger partial charge in [0.2, 0.25) is 0 Å². The third kappa shape index (κ3) is 6.61. The van der Waals surface area contributed by atoms with E-state index in [0.29, 0.717) is 0 Å². The Hall–Kier alpha value is -1.27. The molecule has 0 unspecified atom stereocenters. The molecule has 2 aromatic carbocycles. The molecule has 0 heterocycles. The number of rotatable bonds is 8. The van der Waals surface area contributed by atoms with Crippen molar-refractivity contribution in [3.05, 3.63) is 59.1 Å². The minimum absolute atomic E-state index is 0.768. The van der Waals surface area contributed by atoms with Gasteiger partial charge in [0.25, 0.3) is 0 Å². The second-order valence-corrected chi connectivity index (χ2v) is 10.9. The smallest absolute Gasteiger partial charge is 0.0406 e. The van der Waals surface area contributed by atoms with E-state index in [-0.39, 0.29) is 0 Å². The quantitative estimate of drug-likeness (QED) is 0.386. The summed E-state index contributed by atoms with van der Waals surface area (Å²) < 4.78 is 0. The second-order valence-electron chi connectivity index (χ2n) is 10.5. The molecule has 2 saturated carbocycles. The van der Waals surface area contributed by atoms with Gasteiger partial charge >= 0.3 is 0 Å². The van der Waals surface area contributed by atoms with Crippen molar-refractivity contribution in [2.75, 3.05) is 0 Å². The first-order valence-corrected chi connectivity index (χ1v) is 13.4. The largest absolute Gasteiger partial charge is 0.0843 e. The van der Waals surface area contributed by atoms with Gasteiger partial charge in [-0.3, -0.25) is 0 Å². The summed E-state index contributed by atoms with van der Waals surface area (Å²) in [6.07, 6.45) is 19.0. The molecule has 0 aromatic heterocycles. The Balaban J connectivity index is 1.18. The Labute approximate surface area is 195 Å². The minimum atomic E-state index is 0.768. The van der Waals surface area contributed by atoms with Crippen molar-refractivity contribution in [2.45, 2.75) is 96.3 Å². The van der Waals surface area contributed by atoms with Gasteiger partial charge in [-0.1, -0.05) is 113 Å². The molecule has 0 atom stereocenters. The standard InChI is InChI=1S/C30H41Cl/c1-2-3-4-23-5-7-24(8-6-23)9-10-25-11-13-26(14-12-25)27-15-17-28(18-16-27)29-19-21-30(31)22-20-29/h15-26H,2-14H2,1H3/t23-,24-,25?,26?. The lowest BCUT2D eigenvalue weighted by Crippen LogP contribution is -2.17. The van der Waals surface area contributed by atoms with Crippen molar-refractivity contribution in [3.8, 4) is 11.1 Å². The Bertz CT molecular complexity index is 759. The highest BCUT2D eigenvalue weighted by Gasteiger charge is 2.25. The van der Waals surface area contributed by atoms with E-state index in [9.17, 15) is 0 Å². The zero-order chi connectivity index (χ0) is 21.5. The maximum atomic E-state index is 6.03. The van der Waals surface area contributed by atoms with Crippen LogP contribution in [-0.4, -0.2) is 0 Å². The van der Waals surface area contributed by atoms with Crippen LogP contribution in [0.1, 0.15) is 102 Å². The molecule has 2 aliphatic rings. The normalized spacial score (nSPS) is 26.6. The molecule has 2 fully saturated rings. The van der Waals surface area contributed by atoms with Crippen molar-refractivity contribution >= 4 is 11.6 Å². The maximum absolute atomic E-state index is 6.03. The van der Waals surface area contributed by atoms with Crippen molar-refractivity contribution in [1.29, 1.82) is 0 Å². The van der Waals surface area contributed by atoms with Gasteiger partial charge in [-0.2, -0.15) is 0 Å². The van der Waals surface area contributed by atoms with Crippen LogP contribution in [0.25, 0.3) is 11.1 Å². The van der Waals surface area contributed by atoms with E-state index in [2.05, 4.69) is 43.3 Å². The average molecular weight is 437 g/mol. The lowest BCUT2D eigenvalue weighted by atomic mass is 9.74. The summed E-state index contributed by atoms with van der Waals surface area (Å²) in [7, 11) is 0. The van der Waals surface area contributed by atoms with Crippen molar-refractivity contribution in [2.24, 2.45) is 17.8 Å². The topological polar surface area (TPSA) is 0 Å². The second kappa shape index (κ2) is 11.6. The third-order valence-electron chi connectivity index (χ3n) is 8.32. The van der Waals surface area contributed by atoms with Gasteiger partial charge in [0.1, 0.15) is 0 Å². The van der Waals surface area contributed by atoms with E-state index >= 15 is 0 Å². The molecule has 0 N–H and O–H groups in total. The third-order valence-corrected chi connectivity index (χ3v) is 8.57. The summed E-state index contributed by atoms with van der Waals surface area (Å²) >= 11 is 6.03. The first-order valence-electron chi connectivity index (χ1n) is 13.1. The fourth-order valence-corrected chi connectivity index (χ4v) is 6.27. The van der Waals surface area contributed by atoms with Crippen LogP contribution in [-0.2, 0) is 0 Å². The molecule has 168 valence electrons. The number of hydrogen-bond donors (Lipinski definition) is 0. The predicted octanol–water partition coefficient (Wildman–Crippen LogP) is 10.1. The Kier molecular flexibility index (Phi) is 8.54. The molecule has 0 amide bonds. The summed E-state index contributed by atoms with van der Waals surface area (Å²) in [5.74, 6) is 3.85. The molecule has 4 rings (SSSR count). The van der Waals surface area contributed by atoms with E-state index in [1.54, 1.807) is 5.56 Å². The summed E-state index contributed by atoms with van der Waals surface area (Å²) in [6.45, 7) is 2.33. The van der Waals surface area contributed by atoms with Crippen molar-refractivity contribution in [3.63, 3.8) is 0 Å². The van der Waals surface area contributed by atoms with Gasteiger partial charge in [-0.15, -0.1) is 0 Å². The summed E-state index contributed by atoms with van der Waals surface area (Å²) in [5, 5.41) is 0.803. The molecule has 2 aromatic rings. The van der Waals surface area contributed by atoms with Gasteiger partial charge < -0.3 is 0 Å². The van der Waals surface area contributed by atoms with Gasteiger partial charge in [-0.25, -0.2) is 0 Å². The zero-order valence-corrected chi connectivity index (χ0v) is 20.3. The predicted molar refractivity (Wildman–Crippen MR) is 136 cm³/mol. The van der Waals surface area contributed by atoms with Gasteiger partial charge in [0.15, 0.2) is 0 Å². The van der Waals surface area contributed by atoms with E-state index < -0.39 is 0 Å². The molecule has 0 radical (unpaired) electrons. The van der Waals surface area contributed by atoms with E-state index in [1.807, 2.05) is 12.1 Å². The maximum Gasteiger partial charge on any atom is 0.0406 e. The van der Waals surface area contributed by atoms with Crippen LogP contribution < -0.4 is 0 Å². The number of halogens is 1. The highest BCUT2D eigenvalue weighted by Crippen LogP contribution is 2.40. The van der Waals surface area contributed by atoms with Crippen LogP contribution in [0.4, 0.5) is 0 Å². The van der Waals surface area contributed by atoms with E-state index in [1.165, 1.54) is 94.6 Å². The minimum Gasteiger partial charge on any atom is -0.0843 e. The monoisotopic (exact) mass is 436 g/mol. The fraction of sp³-hybridized carbons (Fsp3) is 0.600. The first-order chi connectivity index (χ1) is 15.2. The summed E-state index contributed by atoms with van der Waals surface area (Å²) in [4.78, 5) is 0. The molecule has 0 nitrogen and oxygen atoms in total. The molecule has 0 saturated heterocycles. The Morgan fingerprint density at radius 3 is 1.58 bits per heavy atom. The van der Waals surface area contributed by atoms with Crippen LogP contribution in [0.2, 0.25) is 5.02 Å². The molecule has 31 heavy (non-hydrogen) atoms. The molecular formula is C30H41Cl. The van der Waals surface area contributed by atoms with Crippen LogP contribution >= 0.6 is 11.6 Å². The average Bonchev–Trinajstić information content (AvgIpc) is 2.83. The van der Waals surface area contributed by atoms with Crippen molar-refractivity contribution in [1.82, 2.24) is 0 Å². The molecule has 0 spiro atoms. The summed E-state index contributed by atoms with van der Waals surface area (Å²) in [6, 6.07) is 17.5. The molecule has 2 aliphatic carbocycles. The number of unbranched alkanes of at least 4 members (excludes halogenated alkanes) is 1. The highest BCUT2D eigenvalue weighted by molar-refractivity contribution is 6.30. The van der Waals surface area contributed by atoms with Crippen LogP contribution in [0.5, 0.6) is 0 Å². The lowest BCUT2D eigenvalue weighted by molar-refractivity contribution is 0.222. The molecule has 0 bridgehead atoms. The number of hydrogen-bond acceptors (Lipinski definition) is 0. The number of benzene rings is 2. The van der Waals surface area contributed by atoms with E-state index in [4.69, 9.17) is 11.6 Å². The first kappa shape index (κ1) is 22.9. The van der Waals surface area contributed by atoms with Crippen LogP contribution in [0.15, 0.2) is 48.5 Å². The summed E-state index contributed by atoms with van der Waals surface area (Å²) in [5.41, 5.74) is 4.08. The van der Waals surface area contributed by atoms with Gasteiger partial charge in [0, 0.05) is 5.02 Å². The molecule has 1 heteroatoms. The zero-order valence-electron chi connectivity index (χ0n) is 19.5. The molecular weight excluding hydrogens is 396 g/mol. The Morgan fingerprint density at radius 2 is 1.06 bits per heavy atom. The van der Waals surface area contributed by atoms with Gasteiger partial charge in [-0.05, 0) is 78.2 Å². The molecule has 0 aliphatic heterocycles. The van der Waals surface area contributed by atoms with Crippen molar-refractivity contribution < 1.29 is 0 Å². The van der Waals surface area contributed by atoms with E-state index in [0.717, 1.165) is 28.7 Å². The fourth-order valence-electron chi connectivity index (χ4n) is 6.15. The Morgan fingerprint density at radius 1 is 0.613 bits per heavy atom. The van der Waals surface area contributed by atoms with Crippen LogP contribution in [0.3, 0.4) is 0 Å². The SMILES string of the molecule is CCCC[C@H]1CC[C@H](CCC2CCC(c3ccc(-c4ccc(Cl)cc4)cc3)CC2)CC1.